The number of carbonyl (C=O) groups excluding carboxylic acids is 1. The molecule has 1 aromatic carbocycles. The van der Waals surface area contributed by atoms with Crippen molar-refractivity contribution in [1.29, 1.82) is 0 Å². The first kappa shape index (κ1) is 17.2. The summed E-state index contributed by atoms with van der Waals surface area (Å²) in [5, 5.41) is 2.89. The minimum Gasteiger partial charge on any atom is -0.451 e. The van der Waals surface area contributed by atoms with E-state index >= 15 is 0 Å². The lowest BCUT2D eigenvalue weighted by Crippen LogP contribution is -2.54. The Labute approximate surface area is 152 Å². The molecule has 3 heterocycles. The number of furan rings is 1. The van der Waals surface area contributed by atoms with Gasteiger partial charge < -0.3 is 14.5 Å². The Morgan fingerprint density at radius 1 is 1.19 bits per heavy atom. The van der Waals surface area contributed by atoms with E-state index in [2.05, 4.69) is 10.2 Å². The van der Waals surface area contributed by atoms with Crippen molar-refractivity contribution >= 4 is 5.91 Å². The number of piperidine rings is 1. The molecule has 5 nitrogen and oxygen atoms in total. The summed E-state index contributed by atoms with van der Waals surface area (Å²) in [6, 6.07) is 9.88. The normalized spacial score (nSPS) is 23.4. The van der Waals surface area contributed by atoms with Crippen LogP contribution in [0.4, 0.5) is 4.39 Å². The van der Waals surface area contributed by atoms with Gasteiger partial charge in [0.05, 0.1) is 12.7 Å². The van der Waals surface area contributed by atoms with Gasteiger partial charge in [-0.1, -0.05) is 6.42 Å². The van der Waals surface area contributed by atoms with Crippen LogP contribution in [0.5, 0.6) is 0 Å². The summed E-state index contributed by atoms with van der Waals surface area (Å²) in [4.78, 5) is 14.8. The van der Waals surface area contributed by atoms with Crippen LogP contribution < -0.4 is 5.32 Å². The van der Waals surface area contributed by atoms with Gasteiger partial charge in [-0.05, 0) is 55.8 Å². The Hall–Kier alpha value is -2.18. The third-order valence-corrected chi connectivity index (χ3v) is 5.16. The molecule has 2 fully saturated rings. The number of nitrogens with zero attached hydrogens (tertiary/aromatic N) is 1. The second-order valence-electron chi connectivity index (χ2n) is 6.98. The Bertz CT molecular complexity index is 759. The lowest BCUT2D eigenvalue weighted by atomic mass is 10.0. The van der Waals surface area contributed by atoms with Crippen molar-refractivity contribution in [2.24, 2.45) is 0 Å². The van der Waals surface area contributed by atoms with Gasteiger partial charge in [0.2, 0.25) is 0 Å². The Morgan fingerprint density at radius 2 is 2.04 bits per heavy atom. The number of fused-ring (bicyclic) bond motifs is 1. The molecular formula is C20H23FN2O3. The molecule has 0 radical (unpaired) electrons. The molecule has 26 heavy (non-hydrogen) atoms. The van der Waals surface area contributed by atoms with Crippen molar-refractivity contribution < 1.29 is 18.3 Å². The van der Waals surface area contributed by atoms with Crippen LogP contribution in [0, 0.1) is 5.82 Å². The van der Waals surface area contributed by atoms with Crippen LogP contribution in [0.1, 0.15) is 29.8 Å². The molecule has 4 rings (SSSR count). The second-order valence-corrected chi connectivity index (χ2v) is 6.98. The maximum atomic E-state index is 13.0. The average molecular weight is 358 g/mol. The van der Waals surface area contributed by atoms with Gasteiger partial charge >= 0.3 is 0 Å². The van der Waals surface area contributed by atoms with E-state index in [1.165, 1.54) is 31.4 Å². The van der Waals surface area contributed by atoms with Gasteiger partial charge in [-0.15, -0.1) is 0 Å². The minimum atomic E-state index is -0.304. The van der Waals surface area contributed by atoms with E-state index in [1.54, 1.807) is 24.3 Å². The number of nitrogens with one attached hydrogen (secondary N) is 1. The second kappa shape index (κ2) is 7.60. The van der Waals surface area contributed by atoms with E-state index in [9.17, 15) is 9.18 Å². The summed E-state index contributed by atoms with van der Waals surface area (Å²) < 4.78 is 24.5. The Kier molecular flexibility index (Phi) is 5.04. The van der Waals surface area contributed by atoms with Crippen molar-refractivity contribution in [2.45, 2.75) is 31.4 Å². The van der Waals surface area contributed by atoms with Crippen LogP contribution in [0.25, 0.3) is 11.3 Å². The Balaban J connectivity index is 1.32. The summed E-state index contributed by atoms with van der Waals surface area (Å²) >= 11 is 0. The number of carbonyl (C=O) groups is 1. The fourth-order valence-corrected chi connectivity index (χ4v) is 3.70. The molecule has 1 aromatic heterocycles. The highest BCUT2D eigenvalue weighted by Crippen LogP contribution is 2.23. The molecule has 0 aliphatic carbocycles. The van der Waals surface area contributed by atoms with Crippen molar-refractivity contribution in [1.82, 2.24) is 10.2 Å². The fraction of sp³-hybridized carbons (Fsp3) is 0.450. The third-order valence-electron chi connectivity index (χ3n) is 5.16. The van der Waals surface area contributed by atoms with E-state index in [-0.39, 0.29) is 23.6 Å². The SMILES string of the molecule is O=C(NCC1CN2CCCCC2CO1)c1ccc(-c2ccc(F)cc2)o1. The molecule has 1 amide bonds. The van der Waals surface area contributed by atoms with Crippen LogP contribution in [0.2, 0.25) is 0 Å². The molecular weight excluding hydrogens is 335 g/mol. The number of halogens is 1. The zero-order valence-electron chi connectivity index (χ0n) is 14.6. The number of ether oxygens (including phenoxy) is 1. The van der Waals surface area contributed by atoms with Crippen LogP contribution >= 0.6 is 0 Å². The predicted octanol–water partition coefficient (Wildman–Crippen LogP) is 3.07. The van der Waals surface area contributed by atoms with Gasteiger partial charge in [0.15, 0.2) is 5.76 Å². The van der Waals surface area contributed by atoms with E-state index in [0.29, 0.717) is 18.3 Å². The fourth-order valence-electron chi connectivity index (χ4n) is 3.70. The summed E-state index contributed by atoms with van der Waals surface area (Å²) in [5.41, 5.74) is 0.734. The van der Waals surface area contributed by atoms with Gasteiger partial charge in [-0.2, -0.15) is 0 Å². The summed E-state index contributed by atoms with van der Waals surface area (Å²) in [6.07, 6.45) is 3.74. The minimum absolute atomic E-state index is 0.0137. The first-order chi connectivity index (χ1) is 12.7. The molecule has 2 aliphatic heterocycles. The highest BCUT2D eigenvalue weighted by atomic mass is 19.1. The van der Waals surface area contributed by atoms with Crippen molar-refractivity contribution in [3.63, 3.8) is 0 Å². The molecule has 6 heteroatoms. The third kappa shape index (κ3) is 3.81. The highest BCUT2D eigenvalue weighted by Gasteiger charge is 2.30. The molecule has 2 saturated heterocycles. The van der Waals surface area contributed by atoms with E-state index < -0.39 is 0 Å². The lowest BCUT2D eigenvalue weighted by molar-refractivity contribution is -0.0726. The molecule has 2 unspecified atom stereocenters. The van der Waals surface area contributed by atoms with Crippen LogP contribution in [-0.2, 0) is 4.74 Å². The van der Waals surface area contributed by atoms with E-state index in [1.807, 2.05) is 0 Å². The molecule has 0 bridgehead atoms. The molecule has 2 aliphatic rings. The lowest BCUT2D eigenvalue weighted by Gasteiger charge is -2.42. The van der Waals surface area contributed by atoms with Crippen LogP contribution in [-0.4, -0.2) is 49.2 Å². The molecule has 2 atom stereocenters. The average Bonchev–Trinajstić information content (AvgIpc) is 3.17. The van der Waals surface area contributed by atoms with Crippen LogP contribution in [0.3, 0.4) is 0 Å². The number of hydrogen-bond donors (Lipinski definition) is 1. The number of amides is 1. The standard InChI is InChI=1S/C20H23FN2O3/c21-15-6-4-14(5-7-15)18-8-9-19(26-18)20(24)22-11-17-12-23-10-2-1-3-16(23)13-25-17/h4-9,16-17H,1-3,10-13H2,(H,22,24). The quantitative estimate of drug-likeness (QED) is 0.913. The number of hydrogen-bond acceptors (Lipinski definition) is 4. The monoisotopic (exact) mass is 358 g/mol. The number of rotatable bonds is 4. The largest absolute Gasteiger partial charge is 0.451 e. The molecule has 138 valence electrons. The zero-order chi connectivity index (χ0) is 17.9. The van der Waals surface area contributed by atoms with Gasteiger partial charge in [-0.25, -0.2) is 4.39 Å². The first-order valence-electron chi connectivity index (χ1n) is 9.18. The highest BCUT2D eigenvalue weighted by molar-refractivity contribution is 5.92. The predicted molar refractivity (Wildman–Crippen MR) is 95.4 cm³/mol. The van der Waals surface area contributed by atoms with Crippen LogP contribution in [0.15, 0.2) is 40.8 Å². The first-order valence-corrected chi connectivity index (χ1v) is 9.18. The van der Waals surface area contributed by atoms with E-state index in [4.69, 9.17) is 9.15 Å². The molecule has 1 N–H and O–H groups in total. The maximum absolute atomic E-state index is 13.0. The van der Waals surface area contributed by atoms with Crippen molar-refractivity contribution in [3.05, 3.63) is 48.0 Å². The van der Waals surface area contributed by atoms with Gasteiger partial charge in [0, 0.05) is 24.7 Å². The van der Waals surface area contributed by atoms with Crippen molar-refractivity contribution in [3.8, 4) is 11.3 Å². The van der Waals surface area contributed by atoms with E-state index in [0.717, 1.165) is 25.3 Å². The number of morpholine rings is 1. The van der Waals surface area contributed by atoms with Gasteiger partial charge in [-0.3, -0.25) is 9.69 Å². The molecule has 2 aromatic rings. The number of benzene rings is 1. The van der Waals surface area contributed by atoms with Crippen molar-refractivity contribution in [2.75, 3.05) is 26.2 Å². The summed E-state index contributed by atoms with van der Waals surface area (Å²) in [6.45, 7) is 3.20. The molecule has 0 spiro atoms. The topological polar surface area (TPSA) is 54.7 Å². The zero-order valence-corrected chi connectivity index (χ0v) is 14.6. The smallest absolute Gasteiger partial charge is 0.287 e. The maximum Gasteiger partial charge on any atom is 0.287 e. The summed E-state index contributed by atoms with van der Waals surface area (Å²) in [7, 11) is 0. The molecule has 0 saturated carbocycles. The summed E-state index contributed by atoms with van der Waals surface area (Å²) in [5.74, 6) is 0.223. The van der Waals surface area contributed by atoms with Gasteiger partial charge in [0.1, 0.15) is 11.6 Å². The van der Waals surface area contributed by atoms with Gasteiger partial charge in [0.25, 0.3) is 5.91 Å². The Morgan fingerprint density at radius 3 is 2.88 bits per heavy atom.